The van der Waals surface area contributed by atoms with Gasteiger partial charge in [-0.25, -0.2) is 4.68 Å². The van der Waals surface area contributed by atoms with Gasteiger partial charge in [-0.05, 0) is 12.8 Å². The Labute approximate surface area is 72.8 Å². The lowest BCUT2D eigenvalue weighted by Crippen LogP contribution is -2.08. The van der Waals surface area contributed by atoms with E-state index in [9.17, 15) is 0 Å². The van der Waals surface area contributed by atoms with Crippen LogP contribution in [0.25, 0.3) is 0 Å². The fourth-order valence-electron chi connectivity index (χ4n) is 1.10. The molecule has 0 saturated carbocycles. The largest absolute Gasteiger partial charge is 0.325 e. The summed E-state index contributed by atoms with van der Waals surface area (Å²) in [5, 5.41) is 7.99. The smallest absolute Gasteiger partial charge is 0.0991 e. The van der Waals surface area contributed by atoms with E-state index in [2.05, 4.69) is 24.2 Å². The van der Waals surface area contributed by atoms with E-state index in [1.165, 1.54) is 0 Å². The predicted octanol–water partition coefficient (Wildman–Crippen LogP) is 0.701. The fraction of sp³-hybridized carbons (Fsp3) is 0.750. The van der Waals surface area contributed by atoms with Crippen LogP contribution in [0.4, 0.5) is 0 Å². The standard InChI is InChI=1S/C8H16N4/c1-6(2)5-12-7(3)8(4-9)10-11-12/h6H,4-5,9H2,1-3H3. The van der Waals surface area contributed by atoms with E-state index >= 15 is 0 Å². The molecule has 1 heterocycles. The van der Waals surface area contributed by atoms with Crippen molar-refractivity contribution in [3.05, 3.63) is 11.4 Å². The summed E-state index contributed by atoms with van der Waals surface area (Å²) in [5.74, 6) is 0.594. The Balaban J connectivity index is 2.80. The van der Waals surface area contributed by atoms with E-state index in [-0.39, 0.29) is 0 Å². The Hall–Kier alpha value is -0.900. The third-order valence-corrected chi connectivity index (χ3v) is 1.81. The third kappa shape index (κ3) is 1.82. The first-order chi connectivity index (χ1) is 5.65. The van der Waals surface area contributed by atoms with E-state index < -0.39 is 0 Å². The van der Waals surface area contributed by atoms with Gasteiger partial charge in [-0.2, -0.15) is 0 Å². The summed E-state index contributed by atoms with van der Waals surface area (Å²) in [4.78, 5) is 0. The van der Waals surface area contributed by atoms with E-state index in [0.717, 1.165) is 17.9 Å². The van der Waals surface area contributed by atoms with Crippen molar-refractivity contribution in [2.75, 3.05) is 0 Å². The van der Waals surface area contributed by atoms with Gasteiger partial charge < -0.3 is 5.73 Å². The Morgan fingerprint density at radius 1 is 1.50 bits per heavy atom. The summed E-state index contributed by atoms with van der Waals surface area (Å²) in [6.45, 7) is 7.71. The minimum Gasteiger partial charge on any atom is -0.325 e. The summed E-state index contributed by atoms with van der Waals surface area (Å²) in [6.07, 6.45) is 0. The van der Waals surface area contributed by atoms with Crippen molar-refractivity contribution >= 4 is 0 Å². The van der Waals surface area contributed by atoms with Gasteiger partial charge in [-0.15, -0.1) is 5.10 Å². The van der Waals surface area contributed by atoms with E-state index in [1.807, 2.05) is 11.6 Å². The molecule has 0 aliphatic heterocycles. The molecule has 1 rings (SSSR count). The lowest BCUT2D eigenvalue weighted by atomic mass is 10.2. The molecule has 0 aliphatic carbocycles. The highest BCUT2D eigenvalue weighted by Gasteiger charge is 2.06. The summed E-state index contributed by atoms with van der Waals surface area (Å²) in [7, 11) is 0. The molecular weight excluding hydrogens is 152 g/mol. The SMILES string of the molecule is Cc1c(CN)nnn1CC(C)C. The van der Waals surface area contributed by atoms with Gasteiger partial charge in [-0.1, -0.05) is 19.1 Å². The number of hydrogen-bond acceptors (Lipinski definition) is 3. The van der Waals surface area contributed by atoms with Crippen LogP contribution < -0.4 is 5.73 Å². The minimum atomic E-state index is 0.476. The quantitative estimate of drug-likeness (QED) is 0.722. The zero-order chi connectivity index (χ0) is 9.14. The maximum atomic E-state index is 5.48. The van der Waals surface area contributed by atoms with E-state index in [4.69, 9.17) is 5.73 Å². The van der Waals surface area contributed by atoms with Crippen molar-refractivity contribution in [3.63, 3.8) is 0 Å². The Bertz CT molecular complexity index is 252. The Morgan fingerprint density at radius 3 is 2.58 bits per heavy atom. The van der Waals surface area contributed by atoms with Crippen molar-refractivity contribution in [2.24, 2.45) is 11.7 Å². The molecule has 68 valence electrons. The molecule has 0 atom stereocenters. The number of nitrogens with zero attached hydrogens (tertiary/aromatic N) is 3. The highest BCUT2D eigenvalue weighted by Crippen LogP contribution is 2.05. The zero-order valence-electron chi connectivity index (χ0n) is 7.91. The first kappa shape index (κ1) is 9.19. The molecule has 0 bridgehead atoms. The third-order valence-electron chi connectivity index (χ3n) is 1.81. The van der Waals surface area contributed by atoms with Gasteiger partial charge >= 0.3 is 0 Å². The summed E-state index contributed by atoms with van der Waals surface area (Å²) in [5.41, 5.74) is 7.47. The van der Waals surface area contributed by atoms with E-state index in [1.54, 1.807) is 0 Å². The molecule has 0 spiro atoms. The average molecular weight is 168 g/mol. The van der Waals surface area contributed by atoms with Crippen molar-refractivity contribution in [1.82, 2.24) is 15.0 Å². The second-order valence-corrected chi connectivity index (χ2v) is 3.40. The van der Waals surface area contributed by atoms with Crippen LogP contribution in [0.1, 0.15) is 25.2 Å². The number of nitrogens with two attached hydrogens (primary N) is 1. The van der Waals surface area contributed by atoms with Gasteiger partial charge in [0.25, 0.3) is 0 Å². The lowest BCUT2D eigenvalue weighted by Gasteiger charge is -2.05. The fourth-order valence-corrected chi connectivity index (χ4v) is 1.10. The molecule has 0 saturated heterocycles. The van der Waals surface area contributed by atoms with Crippen molar-refractivity contribution in [3.8, 4) is 0 Å². The minimum absolute atomic E-state index is 0.476. The van der Waals surface area contributed by atoms with Gasteiger partial charge in [0.05, 0.1) is 11.4 Å². The number of hydrogen-bond donors (Lipinski definition) is 1. The van der Waals surface area contributed by atoms with Crippen LogP contribution >= 0.6 is 0 Å². The molecule has 12 heavy (non-hydrogen) atoms. The highest BCUT2D eigenvalue weighted by atomic mass is 15.4. The topological polar surface area (TPSA) is 56.7 Å². The average Bonchev–Trinajstić information content (AvgIpc) is 2.32. The monoisotopic (exact) mass is 168 g/mol. The molecule has 1 aromatic heterocycles. The normalized spacial score (nSPS) is 11.1. The van der Waals surface area contributed by atoms with Gasteiger partial charge in [0.1, 0.15) is 0 Å². The maximum Gasteiger partial charge on any atom is 0.0991 e. The molecule has 0 amide bonds. The number of aromatic nitrogens is 3. The van der Waals surface area contributed by atoms with Crippen molar-refractivity contribution in [2.45, 2.75) is 33.9 Å². The molecule has 0 unspecified atom stereocenters. The number of rotatable bonds is 3. The van der Waals surface area contributed by atoms with Crippen molar-refractivity contribution < 1.29 is 0 Å². The molecule has 0 fully saturated rings. The van der Waals surface area contributed by atoms with Crippen LogP contribution in [-0.4, -0.2) is 15.0 Å². The van der Waals surface area contributed by atoms with Crippen LogP contribution in [0.3, 0.4) is 0 Å². The van der Waals surface area contributed by atoms with Crippen LogP contribution in [-0.2, 0) is 13.1 Å². The van der Waals surface area contributed by atoms with Gasteiger partial charge in [0.2, 0.25) is 0 Å². The van der Waals surface area contributed by atoms with Crippen LogP contribution in [0, 0.1) is 12.8 Å². The zero-order valence-corrected chi connectivity index (χ0v) is 7.91. The van der Waals surface area contributed by atoms with Gasteiger partial charge in [0.15, 0.2) is 0 Å². The van der Waals surface area contributed by atoms with Crippen LogP contribution in [0.5, 0.6) is 0 Å². The first-order valence-electron chi connectivity index (χ1n) is 4.24. The maximum absolute atomic E-state index is 5.48. The lowest BCUT2D eigenvalue weighted by molar-refractivity contribution is 0.464. The highest BCUT2D eigenvalue weighted by molar-refractivity contribution is 5.06. The predicted molar refractivity (Wildman–Crippen MR) is 47.5 cm³/mol. The van der Waals surface area contributed by atoms with Crippen molar-refractivity contribution in [1.29, 1.82) is 0 Å². The molecule has 0 aliphatic rings. The molecule has 0 aromatic carbocycles. The molecule has 4 nitrogen and oxygen atoms in total. The second-order valence-electron chi connectivity index (χ2n) is 3.40. The second kappa shape index (κ2) is 3.67. The van der Waals surface area contributed by atoms with Crippen LogP contribution in [0.15, 0.2) is 0 Å². The van der Waals surface area contributed by atoms with Gasteiger partial charge in [-0.3, -0.25) is 0 Å². The molecule has 2 N–H and O–H groups in total. The summed E-state index contributed by atoms with van der Waals surface area (Å²) < 4.78 is 1.91. The molecular formula is C8H16N4. The molecule has 0 radical (unpaired) electrons. The molecule has 1 aromatic rings. The Morgan fingerprint density at radius 2 is 2.17 bits per heavy atom. The van der Waals surface area contributed by atoms with Gasteiger partial charge in [0, 0.05) is 13.1 Å². The molecule has 4 heteroatoms. The van der Waals surface area contributed by atoms with E-state index in [0.29, 0.717) is 12.5 Å². The summed E-state index contributed by atoms with van der Waals surface area (Å²) in [6, 6.07) is 0. The summed E-state index contributed by atoms with van der Waals surface area (Å²) >= 11 is 0. The first-order valence-corrected chi connectivity index (χ1v) is 4.24. The van der Waals surface area contributed by atoms with Crippen LogP contribution in [0.2, 0.25) is 0 Å². The Kier molecular flexibility index (Phi) is 2.81.